The first-order chi connectivity index (χ1) is 9.40. The fourth-order valence-electron chi connectivity index (χ4n) is 1.39. The monoisotopic (exact) mass is 343 g/mol. The maximum atomic E-state index is 12.2. The second-order valence-electron chi connectivity index (χ2n) is 5.74. The molecule has 0 amide bonds. The lowest BCUT2D eigenvalue weighted by atomic mass is 10.2. The van der Waals surface area contributed by atoms with Crippen molar-refractivity contribution in [3.05, 3.63) is 16.5 Å². The van der Waals surface area contributed by atoms with Gasteiger partial charge in [0.25, 0.3) is 0 Å². The Labute approximate surface area is 130 Å². The van der Waals surface area contributed by atoms with Crippen molar-refractivity contribution in [2.45, 2.75) is 51.6 Å². The van der Waals surface area contributed by atoms with Crippen molar-refractivity contribution in [2.75, 3.05) is 6.61 Å². The smallest absolute Gasteiger partial charge is 0.422 e. The standard InChI is InChI=1S/C13H20F3NO2S2/c1-8-6-10(9(2)17-21(18)12(3,4)5)20-11(8)19-7-13(14,15)16/h6,9,17H,7H2,1-5H3/t9-,21+/m1/s1. The SMILES string of the molecule is Cc1cc([C@@H](C)N[S@@+]([O-])C(C)(C)C)sc1OCC(F)(F)F. The van der Waals surface area contributed by atoms with Gasteiger partial charge in [-0.2, -0.15) is 13.2 Å². The van der Waals surface area contributed by atoms with E-state index in [0.717, 1.165) is 16.2 Å². The van der Waals surface area contributed by atoms with E-state index in [1.807, 2.05) is 27.7 Å². The second kappa shape index (κ2) is 6.76. The third-order valence-corrected chi connectivity index (χ3v) is 5.54. The van der Waals surface area contributed by atoms with Gasteiger partial charge in [0.05, 0.1) is 6.04 Å². The summed E-state index contributed by atoms with van der Waals surface area (Å²) in [5, 5.41) is 0.248. The Bertz CT molecular complexity index is 469. The zero-order valence-corrected chi connectivity index (χ0v) is 14.3. The summed E-state index contributed by atoms with van der Waals surface area (Å²) in [5.41, 5.74) is 0.648. The van der Waals surface area contributed by atoms with Crippen molar-refractivity contribution in [1.29, 1.82) is 0 Å². The second-order valence-corrected chi connectivity index (χ2v) is 8.79. The molecule has 122 valence electrons. The maximum Gasteiger partial charge on any atom is 0.422 e. The van der Waals surface area contributed by atoms with E-state index in [1.165, 1.54) is 0 Å². The lowest BCUT2D eigenvalue weighted by Gasteiger charge is -2.26. The van der Waals surface area contributed by atoms with Gasteiger partial charge in [-0.25, -0.2) is 0 Å². The average Bonchev–Trinajstić information content (AvgIpc) is 2.66. The molecular weight excluding hydrogens is 323 g/mol. The number of ether oxygens (including phenoxy) is 1. The molecule has 0 saturated carbocycles. The Balaban J connectivity index is 2.72. The van der Waals surface area contributed by atoms with Gasteiger partial charge < -0.3 is 9.29 Å². The summed E-state index contributed by atoms with van der Waals surface area (Å²) in [4.78, 5) is 0.794. The molecule has 0 radical (unpaired) electrons. The molecule has 0 aromatic carbocycles. The number of hydrogen-bond donors (Lipinski definition) is 1. The highest BCUT2D eigenvalue weighted by Gasteiger charge is 2.31. The van der Waals surface area contributed by atoms with Crippen LogP contribution in [0.3, 0.4) is 0 Å². The summed E-state index contributed by atoms with van der Waals surface area (Å²) in [5.74, 6) is 0. The summed E-state index contributed by atoms with van der Waals surface area (Å²) in [6.45, 7) is 7.76. The van der Waals surface area contributed by atoms with E-state index in [1.54, 1.807) is 13.0 Å². The first kappa shape index (κ1) is 18.6. The minimum Gasteiger partial charge on any atom is -0.598 e. The largest absolute Gasteiger partial charge is 0.598 e. The molecule has 0 aliphatic carbocycles. The highest BCUT2D eigenvalue weighted by atomic mass is 32.2. The quantitative estimate of drug-likeness (QED) is 0.818. The van der Waals surface area contributed by atoms with Crippen LogP contribution in [0.4, 0.5) is 13.2 Å². The van der Waals surface area contributed by atoms with E-state index < -0.39 is 28.9 Å². The molecule has 3 nitrogen and oxygen atoms in total. The van der Waals surface area contributed by atoms with Crippen LogP contribution < -0.4 is 9.46 Å². The number of halogens is 3. The van der Waals surface area contributed by atoms with Gasteiger partial charge in [-0.05, 0) is 40.7 Å². The highest BCUT2D eigenvalue weighted by molar-refractivity contribution is 7.90. The third-order valence-electron chi connectivity index (χ3n) is 2.52. The third kappa shape index (κ3) is 6.06. The first-order valence-electron chi connectivity index (χ1n) is 6.38. The van der Waals surface area contributed by atoms with Crippen LogP contribution in [0.15, 0.2) is 6.07 Å². The van der Waals surface area contributed by atoms with Gasteiger partial charge in [-0.15, -0.1) is 16.1 Å². The number of aryl methyl sites for hydroxylation is 1. The van der Waals surface area contributed by atoms with E-state index in [4.69, 9.17) is 4.74 Å². The zero-order valence-electron chi connectivity index (χ0n) is 12.6. The number of hydrogen-bond acceptors (Lipinski definition) is 4. The summed E-state index contributed by atoms with van der Waals surface area (Å²) < 4.78 is 55.9. The van der Waals surface area contributed by atoms with Crippen LogP contribution in [0.1, 0.15) is 44.2 Å². The van der Waals surface area contributed by atoms with E-state index in [0.29, 0.717) is 5.56 Å². The van der Waals surface area contributed by atoms with E-state index in [9.17, 15) is 17.7 Å². The molecule has 21 heavy (non-hydrogen) atoms. The Morgan fingerprint density at radius 2 is 1.95 bits per heavy atom. The van der Waals surface area contributed by atoms with Crippen molar-refractivity contribution in [3.63, 3.8) is 0 Å². The molecular formula is C13H20F3NO2S2. The Morgan fingerprint density at radius 1 is 1.38 bits per heavy atom. The molecule has 1 N–H and O–H groups in total. The topological polar surface area (TPSA) is 44.3 Å². The fourth-order valence-corrected chi connectivity index (χ4v) is 3.29. The molecule has 1 aromatic rings. The highest BCUT2D eigenvalue weighted by Crippen LogP contribution is 2.35. The predicted molar refractivity (Wildman–Crippen MR) is 80.1 cm³/mol. The van der Waals surface area contributed by atoms with Crippen LogP contribution in [0.25, 0.3) is 0 Å². The molecule has 2 atom stereocenters. The van der Waals surface area contributed by atoms with Gasteiger partial charge >= 0.3 is 6.18 Å². The summed E-state index contributed by atoms with van der Waals surface area (Å²) in [6, 6.07) is 1.53. The Morgan fingerprint density at radius 3 is 2.43 bits per heavy atom. The minimum absolute atomic E-state index is 0.225. The van der Waals surface area contributed by atoms with Crippen LogP contribution in [0.5, 0.6) is 5.06 Å². The number of alkyl halides is 3. The van der Waals surface area contributed by atoms with Crippen LogP contribution in [-0.2, 0) is 11.4 Å². The normalized spacial score (nSPS) is 15.9. The van der Waals surface area contributed by atoms with Crippen LogP contribution in [0.2, 0.25) is 0 Å². The summed E-state index contributed by atoms with van der Waals surface area (Å²) in [6.07, 6.45) is -4.35. The molecule has 1 rings (SSSR count). The van der Waals surface area contributed by atoms with E-state index in [-0.39, 0.29) is 11.1 Å². The van der Waals surface area contributed by atoms with Crippen molar-refractivity contribution < 1.29 is 22.5 Å². The van der Waals surface area contributed by atoms with Crippen LogP contribution in [0, 0.1) is 6.92 Å². The average molecular weight is 343 g/mol. The minimum atomic E-state index is -4.35. The number of rotatable bonds is 5. The maximum absolute atomic E-state index is 12.2. The molecule has 0 aliphatic rings. The van der Waals surface area contributed by atoms with Gasteiger partial charge in [0.1, 0.15) is 4.75 Å². The number of thiophene rings is 1. The van der Waals surface area contributed by atoms with Crippen LogP contribution in [-0.4, -0.2) is 22.1 Å². The summed E-state index contributed by atoms with van der Waals surface area (Å²) in [7, 11) is 0. The lowest BCUT2D eigenvalue weighted by Crippen LogP contribution is -2.40. The molecule has 0 saturated heterocycles. The van der Waals surface area contributed by atoms with Crippen molar-refractivity contribution in [3.8, 4) is 5.06 Å². The molecule has 0 bridgehead atoms. The van der Waals surface area contributed by atoms with E-state index in [2.05, 4.69) is 4.72 Å². The molecule has 0 fully saturated rings. The molecule has 0 aliphatic heterocycles. The van der Waals surface area contributed by atoms with Crippen molar-refractivity contribution >= 4 is 22.7 Å². The Hall–Kier alpha value is -0.440. The fraction of sp³-hybridized carbons (Fsp3) is 0.692. The van der Waals surface area contributed by atoms with Gasteiger partial charge in [0.15, 0.2) is 11.7 Å². The predicted octanol–water partition coefficient (Wildman–Crippen LogP) is 4.11. The van der Waals surface area contributed by atoms with E-state index >= 15 is 0 Å². The van der Waals surface area contributed by atoms with Gasteiger partial charge in [0, 0.05) is 21.8 Å². The molecule has 0 unspecified atom stereocenters. The first-order valence-corrected chi connectivity index (χ1v) is 8.34. The number of nitrogens with one attached hydrogen (secondary N) is 1. The molecule has 8 heteroatoms. The van der Waals surface area contributed by atoms with Gasteiger partial charge in [0.2, 0.25) is 0 Å². The van der Waals surface area contributed by atoms with Crippen molar-refractivity contribution in [2.24, 2.45) is 0 Å². The van der Waals surface area contributed by atoms with Crippen LogP contribution >= 0.6 is 11.3 Å². The van der Waals surface area contributed by atoms with Gasteiger partial charge in [-0.3, -0.25) is 0 Å². The summed E-state index contributed by atoms with van der Waals surface area (Å²) >= 11 is -0.105. The molecule has 1 heterocycles. The molecule has 1 aromatic heterocycles. The zero-order chi connectivity index (χ0) is 16.4. The van der Waals surface area contributed by atoms with Crippen molar-refractivity contribution in [1.82, 2.24) is 4.72 Å². The Kier molecular flexibility index (Phi) is 5.99. The van der Waals surface area contributed by atoms with Gasteiger partial charge in [-0.1, -0.05) is 0 Å². The molecule has 0 spiro atoms. The lowest BCUT2D eigenvalue weighted by molar-refractivity contribution is -0.153.